The predicted octanol–water partition coefficient (Wildman–Crippen LogP) is 4.20. The number of amides is 1. The van der Waals surface area contributed by atoms with Crippen LogP contribution < -0.4 is 19.1 Å². The van der Waals surface area contributed by atoms with Crippen molar-refractivity contribution < 1.29 is 22.7 Å². The van der Waals surface area contributed by atoms with E-state index in [1.807, 2.05) is 37.3 Å². The Morgan fingerprint density at radius 1 is 1.09 bits per heavy atom. The van der Waals surface area contributed by atoms with Crippen molar-refractivity contribution in [2.45, 2.75) is 31.5 Å². The lowest BCUT2D eigenvalue weighted by Gasteiger charge is -2.33. The normalized spacial score (nSPS) is 15.4. The molecule has 1 amide bonds. The number of carbonyl (C=O) groups is 1. The lowest BCUT2D eigenvalue weighted by atomic mass is 10.2. The predicted molar refractivity (Wildman–Crippen MR) is 123 cm³/mol. The van der Waals surface area contributed by atoms with Gasteiger partial charge in [-0.2, -0.15) is 0 Å². The molecule has 7 nitrogen and oxygen atoms in total. The molecule has 0 fully saturated rings. The van der Waals surface area contributed by atoms with Crippen LogP contribution in [0.2, 0.25) is 0 Å². The summed E-state index contributed by atoms with van der Waals surface area (Å²) in [5.41, 5.74) is 1.90. The molecule has 0 radical (unpaired) electrons. The molecule has 3 aromatic carbocycles. The molecule has 0 aliphatic carbocycles. The SMILES string of the molecule is CC(=O)N1CC(C)Oc2ccc(S(=O)(=O)Nc3ccc(OCc4ccccc4)cc3)cc21. The number of hydrogen-bond acceptors (Lipinski definition) is 5. The maximum absolute atomic E-state index is 12.9. The van der Waals surface area contributed by atoms with E-state index < -0.39 is 10.0 Å². The summed E-state index contributed by atoms with van der Waals surface area (Å²) < 4.78 is 39.9. The third-order valence-electron chi connectivity index (χ3n) is 5.03. The molecule has 8 heteroatoms. The Hall–Kier alpha value is -3.52. The van der Waals surface area contributed by atoms with Gasteiger partial charge < -0.3 is 14.4 Å². The van der Waals surface area contributed by atoms with Crippen LogP contribution in [0.3, 0.4) is 0 Å². The van der Waals surface area contributed by atoms with Crippen molar-refractivity contribution in [2.24, 2.45) is 0 Å². The first-order chi connectivity index (χ1) is 15.3. The molecular formula is C24H24N2O5S. The molecule has 166 valence electrons. The van der Waals surface area contributed by atoms with Crippen LogP contribution in [0.4, 0.5) is 11.4 Å². The molecule has 0 aromatic heterocycles. The molecule has 0 saturated heterocycles. The fourth-order valence-corrected chi connectivity index (χ4v) is 4.53. The van der Waals surface area contributed by atoms with E-state index in [4.69, 9.17) is 9.47 Å². The van der Waals surface area contributed by atoms with Gasteiger partial charge in [0.05, 0.1) is 17.1 Å². The van der Waals surface area contributed by atoms with Crippen LogP contribution in [0.15, 0.2) is 77.7 Å². The lowest BCUT2D eigenvalue weighted by molar-refractivity contribution is -0.117. The third kappa shape index (κ3) is 4.86. The van der Waals surface area contributed by atoms with E-state index in [1.54, 1.807) is 30.3 Å². The Morgan fingerprint density at radius 2 is 1.81 bits per heavy atom. The molecule has 1 aliphatic rings. The number of nitrogens with zero attached hydrogens (tertiary/aromatic N) is 1. The first kappa shape index (κ1) is 21.7. The summed E-state index contributed by atoms with van der Waals surface area (Å²) in [7, 11) is -3.86. The van der Waals surface area contributed by atoms with Crippen LogP contribution >= 0.6 is 0 Å². The minimum Gasteiger partial charge on any atom is -0.489 e. The fourth-order valence-electron chi connectivity index (χ4n) is 3.46. The Labute approximate surface area is 187 Å². The third-order valence-corrected chi connectivity index (χ3v) is 6.41. The summed E-state index contributed by atoms with van der Waals surface area (Å²) in [5, 5.41) is 0. The molecule has 1 unspecified atom stereocenters. The molecule has 1 aliphatic heterocycles. The van der Waals surface area contributed by atoms with E-state index in [0.717, 1.165) is 5.56 Å². The zero-order valence-electron chi connectivity index (χ0n) is 17.8. The van der Waals surface area contributed by atoms with E-state index >= 15 is 0 Å². The number of carbonyl (C=O) groups excluding carboxylic acids is 1. The Morgan fingerprint density at radius 3 is 2.50 bits per heavy atom. The minimum absolute atomic E-state index is 0.0463. The Bertz CT molecular complexity index is 1210. The van der Waals surface area contributed by atoms with Gasteiger partial charge in [0, 0.05) is 12.6 Å². The van der Waals surface area contributed by atoms with Gasteiger partial charge in [0.2, 0.25) is 5.91 Å². The van der Waals surface area contributed by atoms with Crippen LogP contribution in [-0.4, -0.2) is 27.0 Å². The van der Waals surface area contributed by atoms with Crippen molar-refractivity contribution in [2.75, 3.05) is 16.2 Å². The summed E-state index contributed by atoms with van der Waals surface area (Å²) >= 11 is 0. The molecule has 32 heavy (non-hydrogen) atoms. The highest BCUT2D eigenvalue weighted by atomic mass is 32.2. The second-order valence-corrected chi connectivity index (χ2v) is 9.27. The topological polar surface area (TPSA) is 84.9 Å². The Balaban J connectivity index is 1.48. The van der Waals surface area contributed by atoms with Gasteiger partial charge in [-0.15, -0.1) is 0 Å². The number of hydrogen-bond donors (Lipinski definition) is 1. The second-order valence-electron chi connectivity index (χ2n) is 7.59. The smallest absolute Gasteiger partial charge is 0.261 e. The van der Waals surface area contributed by atoms with Gasteiger partial charge in [-0.05, 0) is 55.0 Å². The number of nitrogens with one attached hydrogen (secondary N) is 1. The van der Waals surface area contributed by atoms with Crippen LogP contribution in [0.1, 0.15) is 19.4 Å². The zero-order valence-corrected chi connectivity index (χ0v) is 18.6. The molecule has 4 rings (SSSR count). The van der Waals surface area contributed by atoms with E-state index in [1.165, 1.54) is 24.0 Å². The summed E-state index contributed by atoms with van der Waals surface area (Å²) in [6.07, 6.45) is -0.172. The van der Waals surface area contributed by atoms with Crippen molar-refractivity contribution in [3.8, 4) is 11.5 Å². The lowest BCUT2D eigenvalue weighted by Crippen LogP contribution is -2.41. The van der Waals surface area contributed by atoms with Gasteiger partial charge in [-0.1, -0.05) is 30.3 Å². The molecule has 0 bridgehead atoms. The number of sulfonamides is 1. The molecular weight excluding hydrogens is 428 g/mol. The number of anilines is 2. The van der Waals surface area contributed by atoms with Crippen molar-refractivity contribution in [1.29, 1.82) is 0 Å². The van der Waals surface area contributed by atoms with E-state index in [0.29, 0.717) is 36.0 Å². The van der Waals surface area contributed by atoms with E-state index in [2.05, 4.69) is 4.72 Å². The maximum atomic E-state index is 12.9. The molecule has 1 N–H and O–H groups in total. The van der Waals surface area contributed by atoms with E-state index in [-0.39, 0.29) is 16.9 Å². The zero-order chi connectivity index (χ0) is 22.7. The van der Waals surface area contributed by atoms with Crippen molar-refractivity contribution >= 4 is 27.3 Å². The molecule has 1 heterocycles. The molecule has 0 spiro atoms. The van der Waals surface area contributed by atoms with Crippen LogP contribution in [0, 0.1) is 0 Å². The standard InChI is InChI=1S/C24H24N2O5S/c1-17-15-26(18(2)27)23-14-22(12-13-24(23)31-17)32(28,29)25-20-8-10-21(11-9-20)30-16-19-6-4-3-5-7-19/h3-14,17,25H,15-16H2,1-2H3. The van der Waals surface area contributed by atoms with Gasteiger partial charge in [0.1, 0.15) is 24.2 Å². The number of rotatable bonds is 6. The average Bonchev–Trinajstić information content (AvgIpc) is 2.78. The van der Waals surface area contributed by atoms with Crippen molar-refractivity contribution in [1.82, 2.24) is 0 Å². The van der Waals surface area contributed by atoms with Crippen LogP contribution in [0.25, 0.3) is 0 Å². The van der Waals surface area contributed by atoms with Gasteiger partial charge in [-0.25, -0.2) is 8.42 Å². The summed E-state index contributed by atoms with van der Waals surface area (Å²) in [6.45, 7) is 4.10. The summed E-state index contributed by atoms with van der Waals surface area (Å²) in [6, 6.07) is 21.0. The van der Waals surface area contributed by atoms with E-state index in [9.17, 15) is 13.2 Å². The van der Waals surface area contributed by atoms with Gasteiger partial charge in [0.15, 0.2) is 0 Å². The van der Waals surface area contributed by atoms with Gasteiger partial charge in [0.25, 0.3) is 10.0 Å². The first-order valence-corrected chi connectivity index (χ1v) is 11.7. The van der Waals surface area contributed by atoms with Gasteiger partial charge in [-0.3, -0.25) is 9.52 Å². The maximum Gasteiger partial charge on any atom is 0.261 e. The first-order valence-electron chi connectivity index (χ1n) is 10.2. The minimum atomic E-state index is -3.86. The second kappa shape index (κ2) is 8.92. The highest BCUT2D eigenvalue weighted by Gasteiger charge is 2.28. The number of fused-ring (bicyclic) bond motifs is 1. The quantitative estimate of drug-likeness (QED) is 0.606. The largest absolute Gasteiger partial charge is 0.489 e. The van der Waals surface area contributed by atoms with Crippen LogP contribution in [-0.2, 0) is 21.4 Å². The average molecular weight is 453 g/mol. The number of benzene rings is 3. The van der Waals surface area contributed by atoms with Crippen LogP contribution in [0.5, 0.6) is 11.5 Å². The Kier molecular flexibility index (Phi) is 6.05. The number of ether oxygens (including phenoxy) is 2. The van der Waals surface area contributed by atoms with Gasteiger partial charge >= 0.3 is 0 Å². The summed E-state index contributed by atoms with van der Waals surface area (Å²) in [4.78, 5) is 13.6. The van der Waals surface area contributed by atoms with Crippen molar-refractivity contribution in [3.63, 3.8) is 0 Å². The molecule has 3 aromatic rings. The molecule has 1 atom stereocenters. The monoisotopic (exact) mass is 452 g/mol. The summed E-state index contributed by atoms with van der Waals surface area (Å²) in [5.74, 6) is 0.946. The molecule has 0 saturated carbocycles. The van der Waals surface area contributed by atoms with Crippen molar-refractivity contribution in [3.05, 3.63) is 78.4 Å². The highest BCUT2D eigenvalue weighted by Crippen LogP contribution is 2.36. The fraction of sp³-hybridized carbons (Fsp3) is 0.208. The highest BCUT2D eigenvalue weighted by molar-refractivity contribution is 7.92.